The van der Waals surface area contributed by atoms with E-state index in [1.54, 1.807) is 18.3 Å². The summed E-state index contributed by atoms with van der Waals surface area (Å²) in [5, 5.41) is 12.0. The number of anilines is 1. The van der Waals surface area contributed by atoms with E-state index in [-0.39, 0.29) is 12.5 Å². The number of hydrogen-bond donors (Lipinski definition) is 2. The molecule has 1 rings (SSSR count). The monoisotopic (exact) mass is 279 g/mol. The first-order valence-electron chi connectivity index (χ1n) is 7.10. The highest BCUT2D eigenvalue weighted by molar-refractivity contribution is 5.94. The van der Waals surface area contributed by atoms with Gasteiger partial charge in [0.05, 0.1) is 0 Å². The van der Waals surface area contributed by atoms with E-state index in [0.717, 1.165) is 25.1 Å². The molecule has 0 aliphatic heterocycles. The van der Waals surface area contributed by atoms with Gasteiger partial charge in [-0.15, -0.1) is 0 Å². The molecule has 0 radical (unpaired) electrons. The molecule has 5 heteroatoms. The number of nitrogens with zero attached hydrogens (tertiary/aromatic N) is 2. The van der Waals surface area contributed by atoms with E-state index in [9.17, 15) is 4.79 Å². The standard InChI is InChI=1S/C15H25N3O2/c1-4-5-12(7-9-19)11-17-15(20)13-6-8-16-14(10-13)18(2)3/h6,8,10,12,19H,4-5,7,9,11H2,1-3H3,(H,17,20). The molecular formula is C15H25N3O2. The fourth-order valence-corrected chi connectivity index (χ4v) is 2.08. The van der Waals surface area contributed by atoms with E-state index in [1.165, 1.54) is 0 Å². The van der Waals surface area contributed by atoms with Crippen molar-refractivity contribution in [3.05, 3.63) is 23.9 Å². The molecule has 0 aromatic carbocycles. The Morgan fingerprint density at radius 3 is 2.80 bits per heavy atom. The number of amides is 1. The molecule has 1 heterocycles. The van der Waals surface area contributed by atoms with Crippen LogP contribution in [-0.2, 0) is 0 Å². The second kappa shape index (κ2) is 8.53. The minimum atomic E-state index is -0.0884. The van der Waals surface area contributed by atoms with E-state index in [4.69, 9.17) is 5.11 Å². The number of aliphatic hydroxyl groups excluding tert-OH is 1. The van der Waals surface area contributed by atoms with Crippen molar-refractivity contribution in [2.75, 3.05) is 32.1 Å². The minimum absolute atomic E-state index is 0.0884. The summed E-state index contributed by atoms with van der Waals surface area (Å²) >= 11 is 0. The summed E-state index contributed by atoms with van der Waals surface area (Å²) < 4.78 is 0. The van der Waals surface area contributed by atoms with Crippen LogP contribution in [0.2, 0.25) is 0 Å². The predicted molar refractivity (Wildman–Crippen MR) is 81.0 cm³/mol. The van der Waals surface area contributed by atoms with E-state index in [0.29, 0.717) is 18.0 Å². The van der Waals surface area contributed by atoms with Gasteiger partial charge in [0.15, 0.2) is 0 Å². The normalized spacial score (nSPS) is 12.0. The topological polar surface area (TPSA) is 65.5 Å². The Kier molecular flexibility index (Phi) is 7.01. The summed E-state index contributed by atoms with van der Waals surface area (Å²) in [5.74, 6) is 1.01. The van der Waals surface area contributed by atoms with Crippen molar-refractivity contribution in [3.8, 4) is 0 Å². The van der Waals surface area contributed by atoms with Crippen LogP contribution in [0, 0.1) is 5.92 Å². The number of hydrogen-bond acceptors (Lipinski definition) is 4. The van der Waals surface area contributed by atoms with Gasteiger partial charge < -0.3 is 15.3 Å². The SMILES string of the molecule is CCCC(CCO)CNC(=O)c1ccnc(N(C)C)c1. The van der Waals surface area contributed by atoms with Crippen LogP contribution in [0.1, 0.15) is 36.5 Å². The third-order valence-electron chi connectivity index (χ3n) is 3.25. The summed E-state index contributed by atoms with van der Waals surface area (Å²) in [6, 6.07) is 3.49. The summed E-state index contributed by atoms with van der Waals surface area (Å²) in [4.78, 5) is 18.2. The van der Waals surface area contributed by atoms with Gasteiger partial charge in [0.1, 0.15) is 5.82 Å². The van der Waals surface area contributed by atoms with Crippen LogP contribution in [0.5, 0.6) is 0 Å². The minimum Gasteiger partial charge on any atom is -0.396 e. The van der Waals surface area contributed by atoms with Gasteiger partial charge in [0.25, 0.3) is 5.91 Å². The smallest absolute Gasteiger partial charge is 0.251 e. The first-order chi connectivity index (χ1) is 9.58. The molecule has 2 N–H and O–H groups in total. The first kappa shape index (κ1) is 16.4. The first-order valence-corrected chi connectivity index (χ1v) is 7.10. The maximum atomic E-state index is 12.1. The van der Waals surface area contributed by atoms with Crippen LogP contribution in [0.25, 0.3) is 0 Å². The van der Waals surface area contributed by atoms with Crippen molar-refractivity contribution in [3.63, 3.8) is 0 Å². The van der Waals surface area contributed by atoms with Crippen molar-refractivity contribution < 1.29 is 9.90 Å². The van der Waals surface area contributed by atoms with Crippen LogP contribution in [0.4, 0.5) is 5.82 Å². The molecule has 1 aromatic heterocycles. The highest BCUT2D eigenvalue weighted by Crippen LogP contribution is 2.12. The van der Waals surface area contributed by atoms with Gasteiger partial charge in [-0.05, 0) is 30.9 Å². The van der Waals surface area contributed by atoms with E-state index < -0.39 is 0 Å². The molecule has 1 atom stereocenters. The van der Waals surface area contributed by atoms with Gasteiger partial charge in [-0.2, -0.15) is 0 Å². The number of nitrogens with one attached hydrogen (secondary N) is 1. The third-order valence-corrected chi connectivity index (χ3v) is 3.25. The van der Waals surface area contributed by atoms with E-state index in [1.807, 2.05) is 19.0 Å². The molecule has 0 saturated heterocycles. The van der Waals surface area contributed by atoms with Crippen LogP contribution >= 0.6 is 0 Å². The zero-order chi connectivity index (χ0) is 15.0. The Balaban J connectivity index is 2.59. The largest absolute Gasteiger partial charge is 0.396 e. The van der Waals surface area contributed by atoms with Crippen LogP contribution in [0.15, 0.2) is 18.3 Å². The summed E-state index contributed by atoms with van der Waals surface area (Å²) in [5.41, 5.74) is 0.614. The molecule has 1 aromatic rings. The highest BCUT2D eigenvalue weighted by atomic mass is 16.3. The van der Waals surface area contributed by atoms with Crippen molar-refractivity contribution in [1.82, 2.24) is 10.3 Å². The maximum absolute atomic E-state index is 12.1. The van der Waals surface area contributed by atoms with Gasteiger partial charge in [-0.3, -0.25) is 4.79 Å². The van der Waals surface area contributed by atoms with E-state index in [2.05, 4.69) is 17.2 Å². The zero-order valence-corrected chi connectivity index (χ0v) is 12.6. The quantitative estimate of drug-likeness (QED) is 0.760. The van der Waals surface area contributed by atoms with Crippen LogP contribution in [-0.4, -0.2) is 43.2 Å². The zero-order valence-electron chi connectivity index (χ0n) is 12.6. The lowest BCUT2D eigenvalue weighted by atomic mass is 10.00. The highest BCUT2D eigenvalue weighted by Gasteiger charge is 2.11. The molecule has 0 aliphatic carbocycles. The lowest BCUT2D eigenvalue weighted by Gasteiger charge is -2.16. The van der Waals surface area contributed by atoms with Crippen molar-refractivity contribution >= 4 is 11.7 Å². The maximum Gasteiger partial charge on any atom is 0.251 e. The predicted octanol–water partition coefficient (Wildman–Crippen LogP) is 1.68. The van der Waals surface area contributed by atoms with E-state index >= 15 is 0 Å². The second-order valence-electron chi connectivity index (χ2n) is 5.17. The lowest BCUT2D eigenvalue weighted by Crippen LogP contribution is -2.30. The fourth-order valence-electron chi connectivity index (χ4n) is 2.08. The Labute approximate surface area is 121 Å². The van der Waals surface area contributed by atoms with Crippen molar-refractivity contribution in [1.29, 1.82) is 0 Å². The fraction of sp³-hybridized carbons (Fsp3) is 0.600. The molecule has 1 amide bonds. The summed E-state index contributed by atoms with van der Waals surface area (Å²) in [6.45, 7) is 2.88. The van der Waals surface area contributed by atoms with Gasteiger partial charge in [-0.1, -0.05) is 13.3 Å². The summed E-state index contributed by atoms with van der Waals surface area (Å²) in [7, 11) is 3.78. The Morgan fingerprint density at radius 2 is 2.20 bits per heavy atom. The van der Waals surface area contributed by atoms with Crippen LogP contribution < -0.4 is 10.2 Å². The average Bonchev–Trinajstić information content (AvgIpc) is 2.45. The number of rotatable bonds is 8. The Hall–Kier alpha value is -1.62. The van der Waals surface area contributed by atoms with Crippen LogP contribution in [0.3, 0.4) is 0 Å². The number of carbonyl (C=O) groups excluding carboxylic acids is 1. The van der Waals surface area contributed by atoms with Gasteiger partial charge in [0.2, 0.25) is 0 Å². The molecule has 0 saturated carbocycles. The molecule has 112 valence electrons. The summed E-state index contributed by atoms with van der Waals surface area (Å²) in [6.07, 6.45) is 4.44. The Morgan fingerprint density at radius 1 is 1.45 bits per heavy atom. The number of aliphatic hydroxyl groups is 1. The molecule has 0 fully saturated rings. The van der Waals surface area contributed by atoms with Crippen molar-refractivity contribution in [2.45, 2.75) is 26.2 Å². The van der Waals surface area contributed by atoms with Crippen molar-refractivity contribution in [2.24, 2.45) is 5.92 Å². The third kappa shape index (κ3) is 5.17. The lowest BCUT2D eigenvalue weighted by molar-refractivity contribution is 0.0943. The molecule has 5 nitrogen and oxygen atoms in total. The number of pyridine rings is 1. The second-order valence-corrected chi connectivity index (χ2v) is 5.17. The molecule has 1 unspecified atom stereocenters. The number of aromatic nitrogens is 1. The Bertz CT molecular complexity index is 415. The number of carbonyl (C=O) groups is 1. The van der Waals surface area contributed by atoms with Gasteiger partial charge >= 0.3 is 0 Å². The molecule has 0 bridgehead atoms. The molecule has 0 spiro atoms. The average molecular weight is 279 g/mol. The molecule has 20 heavy (non-hydrogen) atoms. The van der Waals surface area contributed by atoms with Gasteiger partial charge in [-0.25, -0.2) is 4.98 Å². The molecule has 0 aliphatic rings. The van der Waals surface area contributed by atoms with Gasteiger partial charge in [0, 0.05) is 39.0 Å². The molecular weight excluding hydrogens is 254 g/mol.